The Morgan fingerprint density at radius 2 is 2.06 bits per heavy atom. The van der Waals surface area contributed by atoms with Crippen molar-refractivity contribution in [1.29, 1.82) is 0 Å². The van der Waals surface area contributed by atoms with Crippen molar-refractivity contribution in [2.24, 2.45) is 5.92 Å². The fraction of sp³-hybridized carbons (Fsp3) is 0.467. The third kappa shape index (κ3) is 4.58. The maximum Gasteiger partial charge on any atom is 0.142 e. The summed E-state index contributed by atoms with van der Waals surface area (Å²) < 4.78 is 19.2. The lowest BCUT2D eigenvalue weighted by atomic mass is 10.1. The number of rotatable bonds is 5. The van der Waals surface area contributed by atoms with E-state index in [4.69, 9.17) is 16.3 Å². The van der Waals surface area contributed by atoms with Crippen LogP contribution in [0.3, 0.4) is 0 Å². The number of hydrogen-bond donors (Lipinski definition) is 0. The van der Waals surface area contributed by atoms with Gasteiger partial charge in [0, 0.05) is 6.07 Å². The molecule has 98 valence electrons. The maximum absolute atomic E-state index is 13.6. The number of ether oxygens (including phenoxy) is 1. The van der Waals surface area contributed by atoms with Gasteiger partial charge in [0.15, 0.2) is 0 Å². The molecular formula is C15H18ClFO. The summed E-state index contributed by atoms with van der Waals surface area (Å²) in [5, 5.41) is 0. The van der Waals surface area contributed by atoms with E-state index in [-0.39, 0.29) is 11.7 Å². The molecule has 0 unspecified atom stereocenters. The molecule has 0 aliphatic rings. The second-order valence-corrected chi connectivity index (χ2v) is 4.34. The lowest BCUT2D eigenvalue weighted by Gasteiger charge is -2.13. The lowest BCUT2D eigenvalue weighted by Crippen LogP contribution is -2.10. The molecule has 0 fully saturated rings. The molecule has 3 heteroatoms. The van der Waals surface area contributed by atoms with Crippen molar-refractivity contribution in [1.82, 2.24) is 0 Å². The summed E-state index contributed by atoms with van der Waals surface area (Å²) in [5.41, 5.74) is 0.352. The number of alkyl halides is 1. The fourth-order valence-electron chi connectivity index (χ4n) is 1.55. The second kappa shape index (κ2) is 8.00. The van der Waals surface area contributed by atoms with Crippen LogP contribution in [0.5, 0.6) is 5.75 Å². The fourth-order valence-corrected chi connectivity index (χ4v) is 1.62. The first-order valence-corrected chi connectivity index (χ1v) is 6.71. The smallest absolute Gasteiger partial charge is 0.142 e. The number of benzene rings is 1. The first-order chi connectivity index (χ1) is 8.71. The Hall–Kier alpha value is -1.20. The van der Waals surface area contributed by atoms with Crippen molar-refractivity contribution in [3.05, 3.63) is 29.6 Å². The lowest BCUT2D eigenvalue weighted by molar-refractivity contribution is 0.240. The number of hydrogen-bond acceptors (Lipinski definition) is 1. The third-order valence-corrected chi connectivity index (χ3v) is 3.00. The number of halogens is 2. The molecular weight excluding hydrogens is 251 g/mol. The zero-order valence-electron chi connectivity index (χ0n) is 10.8. The van der Waals surface area contributed by atoms with Crippen molar-refractivity contribution in [3.63, 3.8) is 0 Å². The van der Waals surface area contributed by atoms with Gasteiger partial charge in [0.05, 0.1) is 18.1 Å². The molecule has 0 spiro atoms. The zero-order chi connectivity index (χ0) is 13.4. The van der Waals surface area contributed by atoms with E-state index >= 15 is 0 Å². The van der Waals surface area contributed by atoms with Gasteiger partial charge in [0.1, 0.15) is 11.6 Å². The first kappa shape index (κ1) is 14.9. The first-order valence-electron chi connectivity index (χ1n) is 6.18. The van der Waals surface area contributed by atoms with Crippen LogP contribution in [0.2, 0.25) is 0 Å². The molecule has 0 N–H and O–H groups in total. The molecule has 0 aromatic heterocycles. The summed E-state index contributed by atoms with van der Waals surface area (Å²) in [6.45, 7) is 4.88. The summed E-state index contributed by atoms with van der Waals surface area (Å²) >= 11 is 5.43. The van der Waals surface area contributed by atoms with Crippen molar-refractivity contribution in [2.45, 2.75) is 26.7 Å². The molecule has 0 atom stereocenters. The van der Waals surface area contributed by atoms with Crippen LogP contribution in [0.15, 0.2) is 18.2 Å². The zero-order valence-corrected chi connectivity index (χ0v) is 11.6. The summed E-state index contributed by atoms with van der Waals surface area (Å²) in [4.78, 5) is 0. The molecule has 1 rings (SSSR count). The summed E-state index contributed by atoms with van der Waals surface area (Å²) in [5.74, 6) is 6.20. The highest BCUT2D eigenvalue weighted by molar-refractivity contribution is 6.19. The molecule has 1 aromatic carbocycles. The standard InChI is InChI=1S/C15H18ClFO/c1-3-12(4-2)11-18-14-8-7-13(6-5-9-16)15(17)10-14/h7-8,10,12H,3-4,9,11H2,1-2H3. The van der Waals surface area contributed by atoms with Crippen LogP contribution < -0.4 is 4.74 Å². The minimum atomic E-state index is -0.366. The van der Waals surface area contributed by atoms with Gasteiger partial charge >= 0.3 is 0 Å². The van der Waals surface area contributed by atoms with Crippen LogP contribution in [-0.2, 0) is 0 Å². The van der Waals surface area contributed by atoms with Gasteiger partial charge in [0.25, 0.3) is 0 Å². The van der Waals surface area contributed by atoms with Crippen molar-refractivity contribution >= 4 is 11.6 Å². The molecule has 18 heavy (non-hydrogen) atoms. The van der Waals surface area contributed by atoms with Crippen LogP contribution in [0, 0.1) is 23.6 Å². The molecule has 0 radical (unpaired) electrons. The Balaban J connectivity index is 2.66. The molecule has 1 aromatic rings. The minimum Gasteiger partial charge on any atom is -0.493 e. The molecule has 0 amide bonds. The van der Waals surface area contributed by atoms with Crippen molar-refractivity contribution < 1.29 is 9.13 Å². The van der Waals surface area contributed by atoms with Gasteiger partial charge in [-0.05, 0) is 18.1 Å². The van der Waals surface area contributed by atoms with Crippen LogP contribution in [0.25, 0.3) is 0 Å². The Morgan fingerprint density at radius 3 is 2.61 bits per heavy atom. The second-order valence-electron chi connectivity index (χ2n) is 4.07. The van der Waals surface area contributed by atoms with Gasteiger partial charge in [-0.2, -0.15) is 0 Å². The third-order valence-electron chi connectivity index (χ3n) is 2.87. The highest BCUT2D eigenvalue weighted by atomic mass is 35.5. The molecule has 0 bridgehead atoms. The van der Waals surface area contributed by atoms with Crippen molar-refractivity contribution in [2.75, 3.05) is 12.5 Å². The van der Waals surface area contributed by atoms with Crippen LogP contribution in [0.1, 0.15) is 32.3 Å². The molecule has 0 aliphatic carbocycles. The monoisotopic (exact) mass is 268 g/mol. The highest BCUT2D eigenvalue weighted by Crippen LogP contribution is 2.18. The van der Waals surface area contributed by atoms with E-state index in [1.165, 1.54) is 6.07 Å². The van der Waals surface area contributed by atoms with E-state index in [9.17, 15) is 4.39 Å². The Bertz CT molecular complexity index is 430. The predicted molar refractivity (Wildman–Crippen MR) is 73.6 cm³/mol. The minimum absolute atomic E-state index is 0.201. The Kier molecular flexibility index (Phi) is 6.60. The SMILES string of the molecule is CCC(CC)COc1ccc(C#CCCl)c(F)c1. The molecule has 0 aliphatic heterocycles. The van der Waals surface area contributed by atoms with Crippen LogP contribution in [0.4, 0.5) is 4.39 Å². The Labute approximate surface area is 113 Å². The van der Waals surface area contributed by atoms with Gasteiger partial charge < -0.3 is 4.74 Å². The van der Waals surface area contributed by atoms with E-state index in [0.29, 0.717) is 23.8 Å². The van der Waals surface area contributed by atoms with Gasteiger partial charge in [0.2, 0.25) is 0 Å². The summed E-state index contributed by atoms with van der Waals surface area (Å²) in [6.07, 6.45) is 2.14. The van der Waals surface area contributed by atoms with Gasteiger partial charge in [-0.1, -0.05) is 38.5 Å². The van der Waals surface area contributed by atoms with E-state index < -0.39 is 0 Å². The predicted octanol–water partition coefficient (Wildman–Crippen LogP) is 4.23. The Morgan fingerprint density at radius 1 is 1.33 bits per heavy atom. The highest BCUT2D eigenvalue weighted by Gasteiger charge is 2.06. The van der Waals surface area contributed by atoms with Gasteiger partial charge in [-0.25, -0.2) is 4.39 Å². The average Bonchev–Trinajstić information content (AvgIpc) is 2.39. The van der Waals surface area contributed by atoms with Crippen molar-refractivity contribution in [3.8, 4) is 17.6 Å². The normalized spacial score (nSPS) is 10.1. The van der Waals surface area contributed by atoms with Gasteiger partial charge in [-0.3, -0.25) is 0 Å². The largest absolute Gasteiger partial charge is 0.493 e. The molecule has 0 heterocycles. The topological polar surface area (TPSA) is 9.23 Å². The maximum atomic E-state index is 13.6. The molecule has 0 saturated heterocycles. The quantitative estimate of drug-likeness (QED) is 0.574. The van der Waals surface area contributed by atoms with E-state index in [0.717, 1.165) is 12.8 Å². The molecule has 1 nitrogen and oxygen atoms in total. The van der Waals surface area contributed by atoms with Crippen LogP contribution >= 0.6 is 11.6 Å². The van der Waals surface area contributed by atoms with Crippen LogP contribution in [-0.4, -0.2) is 12.5 Å². The summed E-state index contributed by atoms with van der Waals surface area (Å²) in [7, 11) is 0. The van der Waals surface area contributed by atoms with Gasteiger partial charge in [-0.15, -0.1) is 11.6 Å². The molecule has 0 saturated carbocycles. The van der Waals surface area contributed by atoms with E-state index in [2.05, 4.69) is 25.7 Å². The van der Waals surface area contributed by atoms with E-state index in [1.807, 2.05) is 0 Å². The van der Waals surface area contributed by atoms with E-state index in [1.54, 1.807) is 12.1 Å². The average molecular weight is 269 g/mol. The summed E-state index contributed by atoms with van der Waals surface area (Å²) in [6, 6.07) is 4.74.